The van der Waals surface area contributed by atoms with Crippen molar-refractivity contribution in [3.63, 3.8) is 0 Å². The third-order valence-corrected chi connectivity index (χ3v) is 1.76. The molecular weight excluding hydrogens is 184 g/mol. The molecule has 0 aliphatic heterocycles. The van der Waals surface area contributed by atoms with Crippen LogP contribution in [0.3, 0.4) is 0 Å². The lowest BCUT2D eigenvalue weighted by atomic mass is 10.4. The molecule has 7 nitrogen and oxygen atoms in total. The Hall–Kier alpha value is -1.89. The van der Waals surface area contributed by atoms with Gasteiger partial charge in [-0.2, -0.15) is 5.10 Å². The van der Waals surface area contributed by atoms with Gasteiger partial charge < -0.3 is 10.3 Å². The number of imidazole rings is 1. The van der Waals surface area contributed by atoms with Crippen LogP contribution in [-0.4, -0.2) is 31.3 Å². The molecule has 2 aromatic heterocycles. The predicted octanol–water partition coefficient (Wildman–Crippen LogP) is -1.08. The first kappa shape index (κ1) is 8.70. The van der Waals surface area contributed by atoms with Crippen LogP contribution in [0.15, 0.2) is 17.3 Å². The van der Waals surface area contributed by atoms with Gasteiger partial charge in [0.1, 0.15) is 5.69 Å². The Balaban J connectivity index is 2.28. The van der Waals surface area contributed by atoms with Crippen LogP contribution in [0.4, 0.5) is 0 Å². The zero-order chi connectivity index (χ0) is 9.97. The minimum absolute atomic E-state index is 0.339. The number of rotatable bonds is 3. The van der Waals surface area contributed by atoms with Gasteiger partial charge in [-0.1, -0.05) is 0 Å². The zero-order valence-corrected chi connectivity index (χ0v) is 7.40. The van der Waals surface area contributed by atoms with Crippen LogP contribution in [0.1, 0.15) is 0 Å². The fraction of sp³-hybridized carbons (Fsp3) is 0.286. The quantitative estimate of drug-likeness (QED) is 0.577. The van der Waals surface area contributed by atoms with E-state index in [0.29, 0.717) is 24.6 Å². The zero-order valence-electron chi connectivity index (χ0n) is 7.40. The highest BCUT2D eigenvalue weighted by molar-refractivity contribution is 5.45. The summed E-state index contributed by atoms with van der Waals surface area (Å²) in [4.78, 5) is 17.4. The van der Waals surface area contributed by atoms with Gasteiger partial charge in [0, 0.05) is 19.3 Å². The van der Waals surface area contributed by atoms with Crippen molar-refractivity contribution in [2.45, 2.75) is 6.54 Å². The molecule has 0 saturated heterocycles. The molecule has 0 bridgehead atoms. The van der Waals surface area contributed by atoms with Crippen molar-refractivity contribution in [2.24, 2.45) is 5.73 Å². The molecule has 0 aliphatic carbocycles. The molecule has 2 heterocycles. The average Bonchev–Trinajstić information content (AvgIpc) is 2.74. The molecule has 0 saturated carbocycles. The van der Waals surface area contributed by atoms with Gasteiger partial charge in [-0.3, -0.25) is 4.98 Å². The second kappa shape index (κ2) is 3.46. The Kier molecular flexibility index (Phi) is 2.15. The summed E-state index contributed by atoms with van der Waals surface area (Å²) in [5, 5.41) is 6.03. The number of nitrogens with zero attached hydrogens (tertiary/aromatic N) is 3. The smallest absolute Gasteiger partial charge is 0.335 e. The van der Waals surface area contributed by atoms with Gasteiger partial charge in [0.05, 0.1) is 6.33 Å². The Bertz CT molecular complexity index is 466. The number of aromatic nitrogens is 5. The summed E-state index contributed by atoms with van der Waals surface area (Å²) in [5.74, 6) is 0.436. The Morgan fingerprint density at radius 1 is 1.57 bits per heavy atom. The third-order valence-electron chi connectivity index (χ3n) is 1.76. The van der Waals surface area contributed by atoms with Gasteiger partial charge in [0.25, 0.3) is 0 Å². The first-order valence-corrected chi connectivity index (χ1v) is 4.16. The molecule has 2 rings (SSSR count). The normalized spacial score (nSPS) is 10.6. The van der Waals surface area contributed by atoms with Crippen LogP contribution in [0.5, 0.6) is 0 Å². The van der Waals surface area contributed by atoms with E-state index in [9.17, 15) is 4.79 Å². The van der Waals surface area contributed by atoms with Crippen molar-refractivity contribution in [1.82, 2.24) is 24.7 Å². The molecule has 74 valence electrons. The van der Waals surface area contributed by atoms with Crippen LogP contribution < -0.4 is 11.4 Å². The third kappa shape index (κ3) is 1.57. The lowest BCUT2D eigenvalue weighted by Crippen LogP contribution is -2.07. The molecule has 0 atom stereocenters. The molecule has 2 aromatic rings. The highest BCUT2D eigenvalue weighted by Crippen LogP contribution is 2.07. The van der Waals surface area contributed by atoms with Crippen LogP contribution in [0.2, 0.25) is 0 Å². The maximum atomic E-state index is 10.8. The van der Waals surface area contributed by atoms with Crippen molar-refractivity contribution in [2.75, 3.05) is 6.54 Å². The van der Waals surface area contributed by atoms with E-state index in [0.717, 1.165) is 0 Å². The number of hydrogen-bond donors (Lipinski definition) is 3. The monoisotopic (exact) mass is 194 g/mol. The Morgan fingerprint density at radius 2 is 2.43 bits per heavy atom. The maximum absolute atomic E-state index is 10.8. The van der Waals surface area contributed by atoms with E-state index >= 15 is 0 Å². The van der Waals surface area contributed by atoms with E-state index in [-0.39, 0.29) is 5.69 Å². The summed E-state index contributed by atoms with van der Waals surface area (Å²) in [6.45, 7) is 1.24. The lowest BCUT2D eigenvalue weighted by molar-refractivity contribution is 0.708. The van der Waals surface area contributed by atoms with Crippen LogP contribution >= 0.6 is 0 Å². The van der Waals surface area contributed by atoms with Gasteiger partial charge >= 0.3 is 5.69 Å². The van der Waals surface area contributed by atoms with Crippen LogP contribution in [0, 0.1) is 0 Å². The number of nitrogens with one attached hydrogen (secondary N) is 2. The first-order valence-electron chi connectivity index (χ1n) is 4.16. The Morgan fingerprint density at radius 3 is 3.07 bits per heavy atom. The molecule has 0 unspecified atom stereocenters. The lowest BCUT2D eigenvalue weighted by Gasteiger charge is -1.94. The van der Waals surface area contributed by atoms with E-state index in [4.69, 9.17) is 5.73 Å². The average molecular weight is 194 g/mol. The van der Waals surface area contributed by atoms with Gasteiger partial charge in [0.15, 0.2) is 5.82 Å². The predicted molar refractivity (Wildman–Crippen MR) is 49.5 cm³/mol. The molecule has 14 heavy (non-hydrogen) atoms. The van der Waals surface area contributed by atoms with Gasteiger partial charge in [-0.05, 0) is 0 Å². The van der Waals surface area contributed by atoms with Crippen molar-refractivity contribution in [3.05, 3.63) is 23.0 Å². The number of nitrogens with two attached hydrogens (primary N) is 1. The topological polar surface area (TPSA) is 105 Å². The van der Waals surface area contributed by atoms with Gasteiger partial charge in [-0.25, -0.2) is 14.9 Å². The number of H-pyrrole nitrogens is 2. The van der Waals surface area contributed by atoms with Gasteiger partial charge in [0.2, 0.25) is 0 Å². The minimum Gasteiger partial charge on any atom is -0.335 e. The second-order valence-electron chi connectivity index (χ2n) is 2.81. The summed E-state index contributed by atoms with van der Waals surface area (Å²) in [6, 6.07) is 0. The number of aromatic amines is 2. The van der Waals surface area contributed by atoms with E-state index in [2.05, 4.69) is 20.2 Å². The maximum Gasteiger partial charge on any atom is 0.340 e. The SMILES string of the molecule is NCCn1cnc(-c2n[nH]c(=O)[nH]2)c1. The molecule has 0 aromatic carbocycles. The molecule has 0 aliphatic rings. The molecule has 0 fully saturated rings. The van der Waals surface area contributed by atoms with Crippen LogP contribution in [-0.2, 0) is 6.54 Å². The first-order chi connectivity index (χ1) is 6.79. The summed E-state index contributed by atoms with van der Waals surface area (Å²) in [5.41, 5.74) is 5.67. The fourth-order valence-electron chi connectivity index (χ4n) is 1.15. The molecule has 0 spiro atoms. The van der Waals surface area contributed by atoms with Crippen molar-refractivity contribution in [3.8, 4) is 11.5 Å². The molecule has 7 heteroatoms. The summed E-state index contributed by atoms with van der Waals surface area (Å²) >= 11 is 0. The van der Waals surface area contributed by atoms with Crippen molar-refractivity contribution < 1.29 is 0 Å². The second-order valence-corrected chi connectivity index (χ2v) is 2.81. The van der Waals surface area contributed by atoms with E-state index in [1.54, 1.807) is 12.5 Å². The molecule has 0 amide bonds. The molecule has 4 N–H and O–H groups in total. The summed E-state index contributed by atoms with van der Waals surface area (Å²) in [7, 11) is 0. The fourth-order valence-corrected chi connectivity index (χ4v) is 1.15. The standard InChI is InChI=1S/C7H10N6O/c8-1-2-13-3-5(9-4-13)6-10-7(14)12-11-6/h3-4H,1-2,8H2,(H2,10,11,12,14). The van der Waals surface area contributed by atoms with E-state index in [1.807, 2.05) is 4.57 Å². The van der Waals surface area contributed by atoms with E-state index < -0.39 is 0 Å². The summed E-state index contributed by atoms with van der Waals surface area (Å²) in [6.07, 6.45) is 3.42. The summed E-state index contributed by atoms with van der Waals surface area (Å²) < 4.78 is 1.84. The van der Waals surface area contributed by atoms with Crippen LogP contribution in [0.25, 0.3) is 11.5 Å². The number of hydrogen-bond acceptors (Lipinski definition) is 4. The van der Waals surface area contributed by atoms with Crippen molar-refractivity contribution in [1.29, 1.82) is 0 Å². The minimum atomic E-state index is -0.339. The largest absolute Gasteiger partial charge is 0.340 e. The van der Waals surface area contributed by atoms with E-state index in [1.165, 1.54) is 0 Å². The molecule has 0 radical (unpaired) electrons. The Labute approximate surface area is 79.0 Å². The van der Waals surface area contributed by atoms with Gasteiger partial charge in [-0.15, -0.1) is 0 Å². The van der Waals surface area contributed by atoms with Crippen molar-refractivity contribution >= 4 is 0 Å². The molecular formula is C7H10N6O. The highest BCUT2D eigenvalue weighted by atomic mass is 16.1. The highest BCUT2D eigenvalue weighted by Gasteiger charge is 2.05.